The molecule has 2 saturated heterocycles. The van der Waals surface area contributed by atoms with E-state index in [9.17, 15) is 0 Å². The first kappa shape index (κ1) is 24.5. The number of nitrogens with zero attached hydrogens (tertiary/aromatic N) is 4. The fraction of sp³-hybridized carbons (Fsp3) is 0.750. The van der Waals surface area contributed by atoms with Crippen LogP contribution in [0.2, 0.25) is 0 Å². The molecule has 2 aliphatic rings. The van der Waals surface area contributed by atoms with E-state index in [4.69, 9.17) is 5.73 Å². The van der Waals surface area contributed by atoms with Gasteiger partial charge in [0.2, 0.25) is 5.95 Å². The lowest BCUT2D eigenvalue weighted by Crippen LogP contribution is -2.47. The maximum absolute atomic E-state index is 5.51. The molecule has 6 nitrogen and oxygen atoms in total. The number of piperidine rings is 2. The molecule has 0 aromatic carbocycles. The number of halogens is 3. The summed E-state index contributed by atoms with van der Waals surface area (Å²) < 4.78 is 0. The summed E-state index contributed by atoms with van der Waals surface area (Å²) in [5.41, 5.74) is 5.51. The Hall–Kier alpha value is -0.530. The standard InChI is InChI=1S/C16H28N6.3ClH/c17-7-9-19-16-18-8-4-15(20-16)22-12-5-14(6-13-22)21-10-2-1-3-11-21;;;/h4,8,14H,1-3,5-7,9-13,17H2,(H,18,19,20);3*1H. The highest BCUT2D eigenvalue weighted by Gasteiger charge is 2.26. The minimum absolute atomic E-state index is 0. The predicted molar refractivity (Wildman–Crippen MR) is 112 cm³/mol. The summed E-state index contributed by atoms with van der Waals surface area (Å²) in [6, 6.07) is 2.78. The van der Waals surface area contributed by atoms with E-state index in [0.29, 0.717) is 19.0 Å². The second-order valence-corrected chi connectivity index (χ2v) is 6.27. The van der Waals surface area contributed by atoms with Gasteiger partial charge in [0.15, 0.2) is 0 Å². The van der Waals surface area contributed by atoms with Crippen LogP contribution in [0.15, 0.2) is 12.3 Å². The first-order chi connectivity index (χ1) is 10.9. The van der Waals surface area contributed by atoms with Gasteiger partial charge in [0.1, 0.15) is 5.82 Å². The average molecular weight is 414 g/mol. The molecule has 0 bridgehead atoms. The number of aromatic nitrogens is 2. The Bertz CT molecular complexity index is 465. The molecule has 9 heteroatoms. The number of nitrogens with one attached hydrogen (secondary N) is 1. The van der Waals surface area contributed by atoms with Crippen LogP contribution in [0.1, 0.15) is 32.1 Å². The van der Waals surface area contributed by atoms with Crippen LogP contribution in [0, 0.1) is 0 Å². The van der Waals surface area contributed by atoms with E-state index in [1.165, 1.54) is 45.2 Å². The van der Waals surface area contributed by atoms with E-state index >= 15 is 0 Å². The summed E-state index contributed by atoms with van der Waals surface area (Å²) >= 11 is 0. The smallest absolute Gasteiger partial charge is 0.224 e. The first-order valence-electron chi connectivity index (χ1n) is 8.63. The van der Waals surface area contributed by atoms with Gasteiger partial charge in [-0.15, -0.1) is 37.2 Å². The molecule has 0 saturated carbocycles. The highest BCUT2D eigenvalue weighted by atomic mass is 35.5. The number of hydrogen-bond acceptors (Lipinski definition) is 6. The minimum atomic E-state index is 0. The van der Waals surface area contributed by atoms with E-state index in [-0.39, 0.29) is 37.2 Å². The molecule has 0 amide bonds. The molecule has 146 valence electrons. The highest BCUT2D eigenvalue weighted by molar-refractivity contribution is 5.86. The summed E-state index contributed by atoms with van der Waals surface area (Å²) in [4.78, 5) is 13.9. The quantitative estimate of drug-likeness (QED) is 0.773. The summed E-state index contributed by atoms with van der Waals surface area (Å²) in [6.45, 7) is 6.08. The Morgan fingerprint density at radius 1 is 1.04 bits per heavy atom. The third-order valence-corrected chi connectivity index (χ3v) is 4.76. The zero-order valence-electron chi connectivity index (χ0n) is 14.6. The van der Waals surface area contributed by atoms with Gasteiger partial charge in [-0.25, -0.2) is 4.98 Å². The molecular formula is C16H31Cl3N6. The van der Waals surface area contributed by atoms with E-state index < -0.39 is 0 Å². The van der Waals surface area contributed by atoms with Crippen molar-refractivity contribution >= 4 is 49.0 Å². The lowest BCUT2D eigenvalue weighted by atomic mass is 10.00. The number of likely N-dealkylation sites (tertiary alicyclic amines) is 1. The van der Waals surface area contributed by atoms with Gasteiger partial charge in [-0.3, -0.25) is 0 Å². The van der Waals surface area contributed by atoms with Crippen molar-refractivity contribution in [2.24, 2.45) is 5.73 Å². The van der Waals surface area contributed by atoms with Crippen molar-refractivity contribution in [1.29, 1.82) is 0 Å². The van der Waals surface area contributed by atoms with Crippen LogP contribution in [-0.2, 0) is 0 Å². The van der Waals surface area contributed by atoms with Gasteiger partial charge in [0.25, 0.3) is 0 Å². The van der Waals surface area contributed by atoms with Crippen LogP contribution in [0.25, 0.3) is 0 Å². The van der Waals surface area contributed by atoms with Crippen LogP contribution < -0.4 is 16.0 Å². The van der Waals surface area contributed by atoms with Crippen LogP contribution in [0.4, 0.5) is 11.8 Å². The number of anilines is 2. The molecule has 1 aromatic rings. The Morgan fingerprint density at radius 3 is 2.36 bits per heavy atom. The predicted octanol–water partition coefficient (Wildman–Crippen LogP) is 2.57. The van der Waals surface area contributed by atoms with Crippen molar-refractivity contribution in [3.05, 3.63) is 12.3 Å². The Morgan fingerprint density at radius 2 is 1.72 bits per heavy atom. The first-order valence-corrected chi connectivity index (χ1v) is 8.63. The van der Waals surface area contributed by atoms with E-state index in [1.807, 2.05) is 12.3 Å². The van der Waals surface area contributed by atoms with Gasteiger partial charge in [0.05, 0.1) is 0 Å². The molecule has 1 aromatic heterocycles. The Labute approximate surface area is 169 Å². The second kappa shape index (κ2) is 12.8. The van der Waals surface area contributed by atoms with Crippen LogP contribution >= 0.6 is 37.2 Å². The van der Waals surface area contributed by atoms with Crippen LogP contribution in [0.5, 0.6) is 0 Å². The molecule has 0 aliphatic carbocycles. The summed E-state index contributed by atoms with van der Waals surface area (Å²) in [6.07, 6.45) is 8.49. The molecule has 2 aliphatic heterocycles. The largest absolute Gasteiger partial charge is 0.356 e. The maximum atomic E-state index is 5.51. The van der Waals surface area contributed by atoms with Crippen LogP contribution in [0.3, 0.4) is 0 Å². The fourth-order valence-electron chi connectivity index (χ4n) is 3.54. The van der Waals surface area contributed by atoms with Crippen molar-refractivity contribution < 1.29 is 0 Å². The fourth-order valence-corrected chi connectivity index (χ4v) is 3.54. The van der Waals surface area contributed by atoms with Gasteiger partial charge in [-0.05, 0) is 44.8 Å². The molecule has 3 N–H and O–H groups in total. The molecule has 0 radical (unpaired) electrons. The van der Waals surface area contributed by atoms with Crippen molar-refractivity contribution in [2.75, 3.05) is 49.5 Å². The van der Waals surface area contributed by atoms with Crippen molar-refractivity contribution in [1.82, 2.24) is 14.9 Å². The van der Waals surface area contributed by atoms with Gasteiger partial charge >= 0.3 is 0 Å². The Balaban J connectivity index is 0.00000192. The number of hydrogen-bond donors (Lipinski definition) is 2. The van der Waals surface area contributed by atoms with E-state index in [1.54, 1.807) is 0 Å². The molecular weight excluding hydrogens is 383 g/mol. The second-order valence-electron chi connectivity index (χ2n) is 6.27. The summed E-state index contributed by atoms with van der Waals surface area (Å²) in [5, 5.41) is 3.15. The normalized spacial score (nSPS) is 18.5. The lowest BCUT2D eigenvalue weighted by molar-refractivity contribution is 0.141. The van der Waals surface area contributed by atoms with Crippen molar-refractivity contribution in [3.8, 4) is 0 Å². The van der Waals surface area contributed by atoms with Crippen molar-refractivity contribution in [2.45, 2.75) is 38.1 Å². The monoisotopic (exact) mass is 412 g/mol. The van der Waals surface area contributed by atoms with E-state index in [2.05, 4.69) is 25.1 Å². The van der Waals surface area contributed by atoms with Crippen LogP contribution in [-0.4, -0.2) is 60.2 Å². The third-order valence-electron chi connectivity index (χ3n) is 4.76. The van der Waals surface area contributed by atoms with Gasteiger partial charge < -0.3 is 20.9 Å². The number of rotatable bonds is 5. The van der Waals surface area contributed by atoms with Crippen molar-refractivity contribution in [3.63, 3.8) is 0 Å². The topological polar surface area (TPSA) is 70.3 Å². The molecule has 3 heterocycles. The van der Waals surface area contributed by atoms with Gasteiger partial charge in [0, 0.05) is 38.4 Å². The molecule has 0 spiro atoms. The number of nitrogens with two attached hydrogens (primary N) is 1. The maximum Gasteiger partial charge on any atom is 0.224 e. The molecule has 0 unspecified atom stereocenters. The highest BCUT2D eigenvalue weighted by Crippen LogP contribution is 2.23. The SMILES string of the molecule is Cl.Cl.Cl.NCCNc1nccc(N2CCC(N3CCCCC3)CC2)n1. The zero-order valence-corrected chi connectivity index (χ0v) is 17.1. The molecule has 3 rings (SSSR count). The summed E-state index contributed by atoms with van der Waals surface area (Å²) in [5.74, 6) is 1.72. The molecule has 2 fully saturated rings. The van der Waals surface area contributed by atoms with Gasteiger partial charge in [-0.2, -0.15) is 4.98 Å². The Kier molecular flexibility index (Phi) is 12.5. The lowest BCUT2D eigenvalue weighted by Gasteiger charge is -2.40. The molecule has 0 atom stereocenters. The summed E-state index contributed by atoms with van der Waals surface area (Å²) in [7, 11) is 0. The molecule has 25 heavy (non-hydrogen) atoms. The minimum Gasteiger partial charge on any atom is -0.356 e. The van der Waals surface area contributed by atoms with Gasteiger partial charge in [-0.1, -0.05) is 6.42 Å². The third kappa shape index (κ3) is 6.94. The van der Waals surface area contributed by atoms with E-state index in [0.717, 1.165) is 24.9 Å². The average Bonchev–Trinajstić information content (AvgIpc) is 2.61. The zero-order chi connectivity index (χ0) is 15.2.